The van der Waals surface area contributed by atoms with Crippen molar-refractivity contribution in [3.05, 3.63) is 95.2 Å². The molecule has 0 spiro atoms. The number of nitrogens with zero attached hydrogens (tertiary/aromatic N) is 1. The summed E-state index contributed by atoms with van der Waals surface area (Å²) in [6, 6.07) is 22.1. The molecular formula is C29H32N4O3. The van der Waals surface area contributed by atoms with Crippen molar-refractivity contribution in [3.63, 3.8) is 0 Å². The van der Waals surface area contributed by atoms with Crippen LogP contribution in [0.4, 0.5) is 16.2 Å². The first-order valence-electron chi connectivity index (χ1n) is 12.3. The predicted molar refractivity (Wildman–Crippen MR) is 144 cm³/mol. The Bertz CT molecular complexity index is 1330. The summed E-state index contributed by atoms with van der Waals surface area (Å²) in [7, 11) is 0. The first-order chi connectivity index (χ1) is 17.6. The molecule has 1 saturated heterocycles. The number of nitrogens with one attached hydrogen (secondary N) is 2. The van der Waals surface area contributed by atoms with Crippen LogP contribution in [0.1, 0.15) is 28.2 Å². The third-order valence-electron chi connectivity index (χ3n) is 6.89. The number of carbonyl (C=O) groups is 1. The molecule has 1 amide bonds. The number of aromatic amines is 1. The van der Waals surface area contributed by atoms with Gasteiger partial charge in [0.15, 0.2) is 0 Å². The van der Waals surface area contributed by atoms with E-state index >= 15 is 0 Å². The maximum Gasteiger partial charge on any atom is 0.411 e. The Labute approximate surface area is 211 Å². The van der Waals surface area contributed by atoms with Gasteiger partial charge in [-0.3, -0.25) is 5.32 Å². The number of rotatable bonds is 7. The van der Waals surface area contributed by atoms with Crippen LogP contribution in [0, 0.1) is 6.92 Å². The fourth-order valence-corrected chi connectivity index (χ4v) is 4.89. The van der Waals surface area contributed by atoms with Gasteiger partial charge in [-0.25, -0.2) is 4.79 Å². The summed E-state index contributed by atoms with van der Waals surface area (Å²) in [5.41, 5.74) is 13.5. The number of carbonyl (C=O) groups excluding carboxylic acids is 1. The minimum Gasteiger partial charge on any atom is -0.444 e. The van der Waals surface area contributed by atoms with Gasteiger partial charge >= 0.3 is 6.09 Å². The van der Waals surface area contributed by atoms with Crippen molar-refractivity contribution in [2.45, 2.75) is 19.4 Å². The van der Waals surface area contributed by atoms with Gasteiger partial charge in [-0.1, -0.05) is 42.5 Å². The zero-order chi connectivity index (χ0) is 24.9. The van der Waals surface area contributed by atoms with Crippen molar-refractivity contribution >= 4 is 28.4 Å². The van der Waals surface area contributed by atoms with E-state index in [1.165, 1.54) is 5.69 Å². The molecule has 1 fully saturated rings. The van der Waals surface area contributed by atoms with E-state index in [1.54, 1.807) is 0 Å². The second-order valence-corrected chi connectivity index (χ2v) is 9.07. The van der Waals surface area contributed by atoms with Crippen molar-refractivity contribution in [1.82, 2.24) is 4.98 Å². The lowest BCUT2D eigenvalue weighted by atomic mass is 9.87. The molecule has 4 aromatic rings. The standard InChI is InChI=1S/C29H32N4O3/c1-20-23(8-5-9-27(20)32-29(34)36-19-21-6-3-2-4-7-21)25(17-30)26-18-31-28-11-10-22(16-24(26)28)33-12-14-35-15-13-33/h2-11,16,18,25,31H,12-15,17,19,30H2,1H3,(H,32,34). The van der Waals surface area contributed by atoms with E-state index in [9.17, 15) is 4.79 Å². The summed E-state index contributed by atoms with van der Waals surface area (Å²) >= 11 is 0. The monoisotopic (exact) mass is 484 g/mol. The predicted octanol–water partition coefficient (Wildman–Crippen LogP) is 5.15. The van der Waals surface area contributed by atoms with E-state index in [1.807, 2.05) is 49.4 Å². The van der Waals surface area contributed by atoms with Gasteiger partial charge in [-0.15, -0.1) is 0 Å². The maximum absolute atomic E-state index is 12.5. The van der Waals surface area contributed by atoms with Crippen LogP contribution < -0.4 is 16.0 Å². The molecule has 1 aromatic heterocycles. The van der Waals surface area contributed by atoms with Crippen molar-refractivity contribution in [1.29, 1.82) is 0 Å². The number of anilines is 2. The molecule has 2 heterocycles. The largest absolute Gasteiger partial charge is 0.444 e. The van der Waals surface area contributed by atoms with Crippen LogP contribution in [-0.4, -0.2) is 43.9 Å². The smallest absolute Gasteiger partial charge is 0.411 e. The highest BCUT2D eigenvalue weighted by Crippen LogP contribution is 2.35. The van der Waals surface area contributed by atoms with Crippen LogP contribution in [0.2, 0.25) is 0 Å². The molecule has 3 aromatic carbocycles. The molecule has 36 heavy (non-hydrogen) atoms. The molecule has 1 aliphatic heterocycles. The minimum atomic E-state index is -0.481. The van der Waals surface area contributed by atoms with Gasteiger partial charge in [0, 0.05) is 54.0 Å². The van der Waals surface area contributed by atoms with Crippen molar-refractivity contribution in [2.24, 2.45) is 5.73 Å². The summed E-state index contributed by atoms with van der Waals surface area (Å²) < 4.78 is 10.9. The number of aromatic nitrogens is 1. The zero-order valence-electron chi connectivity index (χ0n) is 20.5. The number of H-pyrrole nitrogens is 1. The average molecular weight is 485 g/mol. The average Bonchev–Trinajstić information content (AvgIpc) is 3.34. The van der Waals surface area contributed by atoms with E-state index in [0.717, 1.165) is 65.1 Å². The van der Waals surface area contributed by atoms with Crippen LogP contribution >= 0.6 is 0 Å². The van der Waals surface area contributed by atoms with Gasteiger partial charge in [-0.05, 0) is 53.4 Å². The van der Waals surface area contributed by atoms with E-state index < -0.39 is 6.09 Å². The Morgan fingerprint density at radius 1 is 1.08 bits per heavy atom. The molecule has 1 aliphatic rings. The fourth-order valence-electron chi connectivity index (χ4n) is 4.89. The summed E-state index contributed by atoms with van der Waals surface area (Å²) in [6.45, 7) is 5.94. The molecule has 0 aliphatic carbocycles. The number of hydrogen-bond acceptors (Lipinski definition) is 5. The van der Waals surface area contributed by atoms with Gasteiger partial charge in [-0.2, -0.15) is 0 Å². The lowest BCUT2D eigenvalue weighted by molar-refractivity contribution is 0.122. The number of amides is 1. The van der Waals surface area contributed by atoms with Crippen molar-refractivity contribution in [3.8, 4) is 0 Å². The second-order valence-electron chi connectivity index (χ2n) is 9.07. The molecule has 1 unspecified atom stereocenters. The lowest BCUT2D eigenvalue weighted by Gasteiger charge is -2.29. The van der Waals surface area contributed by atoms with E-state index in [0.29, 0.717) is 6.54 Å². The van der Waals surface area contributed by atoms with Crippen LogP contribution in [0.15, 0.2) is 72.9 Å². The number of hydrogen-bond donors (Lipinski definition) is 3. The van der Waals surface area contributed by atoms with Gasteiger partial charge in [0.1, 0.15) is 6.61 Å². The van der Waals surface area contributed by atoms with E-state index in [2.05, 4.69) is 45.7 Å². The maximum atomic E-state index is 12.5. The summed E-state index contributed by atoms with van der Waals surface area (Å²) in [4.78, 5) is 18.3. The molecular weight excluding hydrogens is 452 g/mol. The van der Waals surface area contributed by atoms with Gasteiger partial charge in [0.05, 0.1) is 13.2 Å². The number of benzene rings is 3. The third kappa shape index (κ3) is 5.08. The Kier molecular flexibility index (Phi) is 7.21. The number of morpholine rings is 1. The quantitative estimate of drug-likeness (QED) is 0.337. The topological polar surface area (TPSA) is 92.6 Å². The van der Waals surface area contributed by atoms with Crippen LogP contribution in [0.5, 0.6) is 0 Å². The molecule has 0 radical (unpaired) electrons. The molecule has 1 atom stereocenters. The van der Waals surface area contributed by atoms with Crippen molar-refractivity contribution < 1.29 is 14.3 Å². The first kappa shape index (κ1) is 23.9. The number of ether oxygens (including phenoxy) is 2. The Hall–Kier alpha value is -3.81. The molecule has 0 saturated carbocycles. The van der Waals surface area contributed by atoms with Crippen LogP contribution in [-0.2, 0) is 16.1 Å². The molecule has 4 N–H and O–H groups in total. The zero-order valence-corrected chi connectivity index (χ0v) is 20.5. The van der Waals surface area contributed by atoms with Crippen LogP contribution in [0.25, 0.3) is 10.9 Å². The molecule has 0 bridgehead atoms. The molecule has 7 heteroatoms. The highest BCUT2D eigenvalue weighted by molar-refractivity contribution is 5.88. The fraction of sp³-hybridized carbons (Fsp3) is 0.276. The van der Waals surface area contributed by atoms with Gasteiger partial charge in [0.25, 0.3) is 0 Å². The summed E-state index contributed by atoms with van der Waals surface area (Å²) in [6.07, 6.45) is 1.57. The highest BCUT2D eigenvalue weighted by Gasteiger charge is 2.21. The van der Waals surface area contributed by atoms with Crippen molar-refractivity contribution in [2.75, 3.05) is 43.1 Å². The number of fused-ring (bicyclic) bond motifs is 1. The number of nitrogens with two attached hydrogens (primary N) is 1. The minimum absolute atomic E-state index is 0.0271. The van der Waals surface area contributed by atoms with Gasteiger partial charge < -0.3 is 25.1 Å². The molecule has 5 rings (SSSR count). The third-order valence-corrected chi connectivity index (χ3v) is 6.89. The second kappa shape index (κ2) is 10.8. The first-order valence-corrected chi connectivity index (χ1v) is 12.3. The summed E-state index contributed by atoms with van der Waals surface area (Å²) in [5, 5.41) is 4.07. The normalized spacial score (nSPS) is 14.6. The van der Waals surface area contributed by atoms with E-state index in [-0.39, 0.29) is 12.5 Å². The summed E-state index contributed by atoms with van der Waals surface area (Å²) in [5.74, 6) is -0.0271. The van der Waals surface area contributed by atoms with Crippen LogP contribution in [0.3, 0.4) is 0 Å². The Morgan fingerprint density at radius 2 is 1.89 bits per heavy atom. The lowest BCUT2D eigenvalue weighted by Crippen LogP contribution is -2.36. The highest BCUT2D eigenvalue weighted by atomic mass is 16.5. The molecule has 7 nitrogen and oxygen atoms in total. The SMILES string of the molecule is Cc1c(NC(=O)OCc2ccccc2)cccc1C(CN)c1c[nH]c2ccc(N3CCOCC3)cc12. The van der Waals surface area contributed by atoms with E-state index in [4.69, 9.17) is 15.2 Å². The molecule has 186 valence electrons. The Morgan fingerprint density at radius 3 is 2.67 bits per heavy atom. The van der Waals surface area contributed by atoms with Gasteiger partial charge in [0.2, 0.25) is 0 Å². The Balaban J connectivity index is 1.38.